The van der Waals surface area contributed by atoms with Gasteiger partial charge in [-0.2, -0.15) is 5.10 Å². The lowest BCUT2D eigenvalue weighted by molar-refractivity contribution is 0.437. The van der Waals surface area contributed by atoms with Crippen molar-refractivity contribution in [2.24, 2.45) is 5.92 Å². The fraction of sp³-hybridized carbons (Fsp3) is 0.733. The molecule has 1 N–H and O–H groups in total. The average molecular weight is 278 g/mol. The van der Waals surface area contributed by atoms with E-state index in [4.69, 9.17) is 0 Å². The number of hydrogen-bond donors (Lipinski definition) is 1. The van der Waals surface area contributed by atoms with Crippen LogP contribution in [0.25, 0.3) is 0 Å². The number of nitrogens with one attached hydrogen (secondary N) is 1. The van der Waals surface area contributed by atoms with Crippen molar-refractivity contribution in [3.63, 3.8) is 0 Å². The Morgan fingerprint density at radius 3 is 2.75 bits per heavy atom. The lowest BCUT2D eigenvalue weighted by atomic mass is 9.99. The molecule has 112 valence electrons. The van der Waals surface area contributed by atoms with Gasteiger partial charge in [0.2, 0.25) is 0 Å². The van der Waals surface area contributed by atoms with E-state index in [-0.39, 0.29) is 5.56 Å². The van der Waals surface area contributed by atoms with Gasteiger partial charge in [0.25, 0.3) is 5.56 Å². The lowest BCUT2D eigenvalue weighted by Gasteiger charge is -2.31. The molecule has 0 radical (unpaired) electrons. The Labute approximate surface area is 121 Å². The maximum absolute atomic E-state index is 12.1. The van der Waals surface area contributed by atoms with Crippen molar-refractivity contribution in [2.45, 2.75) is 39.2 Å². The number of piperidine rings is 1. The summed E-state index contributed by atoms with van der Waals surface area (Å²) >= 11 is 0. The molecule has 1 fully saturated rings. The Balaban J connectivity index is 1.93. The molecule has 1 aliphatic heterocycles. The Morgan fingerprint density at radius 1 is 1.35 bits per heavy atom. The first-order valence-corrected chi connectivity index (χ1v) is 7.67. The second kappa shape index (κ2) is 7.43. The zero-order chi connectivity index (χ0) is 14.4. The summed E-state index contributed by atoms with van der Waals surface area (Å²) < 4.78 is 1.58. The predicted molar refractivity (Wildman–Crippen MR) is 82.3 cm³/mol. The molecule has 1 aromatic rings. The molecule has 1 aliphatic rings. The molecular formula is C15H26N4O. The maximum atomic E-state index is 12.1. The third kappa shape index (κ3) is 4.07. The first-order chi connectivity index (χ1) is 9.70. The van der Waals surface area contributed by atoms with Crippen LogP contribution in [-0.4, -0.2) is 36.5 Å². The number of aryl methyl sites for hydroxylation is 1. The van der Waals surface area contributed by atoms with Crippen LogP contribution in [0.5, 0.6) is 0 Å². The van der Waals surface area contributed by atoms with Gasteiger partial charge in [0.05, 0.1) is 11.9 Å². The highest BCUT2D eigenvalue weighted by Gasteiger charge is 2.16. The van der Waals surface area contributed by atoms with E-state index in [1.807, 2.05) is 13.2 Å². The van der Waals surface area contributed by atoms with Crippen LogP contribution in [0.3, 0.4) is 0 Å². The van der Waals surface area contributed by atoms with Crippen LogP contribution in [0.1, 0.15) is 32.6 Å². The standard InChI is InChI=1S/C15H26N4O/c1-13-5-9-18(10-6-13)14-11-15(20)19(17-12-14)8-4-3-7-16-2/h11-13,16H,3-10H2,1-2H3. The number of hydrogen-bond acceptors (Lipinski definition) is 4. The zero-order valence-corrected chi connectivity index (χ0v) is 12.6. The molecule has 2 heterocycles. The van der Waals surface area contributed by atoms with E-state index in [1.165, 1.54) is 12.8 Å². The van der Waals surface area contributed by atoms with Crippen LogP contribution < -0.4 is 15.8 Å². The Bertz CT molecular complexity index is 463. The van der Waals surface area contributed by atoms with Crippen molar-refractivity contribution >= 4 is 5.69 Å². The van der Waals surface area contributed by atoms with Crippen molar-refractivity contribution in [3.8, 4) is 0 Å². The summed E-state index contributed by atoms with van der Waals surface area (Å²) in [5.74, 6) is 0.798. The minimum absolute atomic E-state index is 0.0191. The van der Waals surface area contributed by atoms with E-state index in [2.05, 4.69) is 22.2 Å². The molecule has 0 unspecified atom stereocenters. The highest BCUT2D eigenvalue weighted by molar-refractivity contribution is 5.43. The molecule has 0 bridgehead atoms. The summed E-state index contributed by atoms with van der Waals surface area (Å²) in [4.78, 5) is 14.3. The molecule has 0 atom stereocenters. The highest BCUT2D eigenvalue weighted by atomic mass is 16.1. The molecule has 20 heavy (non-hydrogen) atoms. The first-order valence-electron chi connectivity index (χ1n) is 7.67. The van der Waals surface area contributed by atoms with Gasteiger partial charge in [0.15, 0.2) is 0 Å². The van der Waals surface area contributed by atoms with Crippen LogP contribution in [0.15, 0.2) is 17.1 Å². The molecule has 1 aromatic heterocycles. The van der Waals surface area contributed by atoms with Gasteiger partial charge in [-0.3, -0.25) is 4.79 Å². The third-order valence-corrected chi connectivity index (χ3v) is 4.05. The summed E-state index contributed by atoms with van der Waals surface area (Å²) in [6, 6.07) is 1.74. The fourth-order valence-corrected chi connectivity index (χ4v) is 2.60. The summed E-state index contributed by atoms with van der Waals surface area (Å²) in [6.07, 6.45) is 6.29. The monoisotopic (exact) mass is 278 g/mol. The normalized spacial score (nSPS) is 16.6. The summed E-state index contributed by atoms with van der Waals surface area (Å²) in [7, 11) is 1.94. The van der Waals surface area contributed by atoms with Crippen molar-refractivity contribution < 1.29 is 0 Å². The van der Waals surface area contributed by atoms with Gasteiger partial charge >= 0.3 is 0 Å². The molecular weight excluding hydrogens is 252 g/mol. The maximum Gasteiger partial charge on any atom is 0.268 e. The highest BCUT2D eigenvalue weighted by Crippen LogP contribution is 2.20. The first kappa shape index (κ1) is 15.0. The summed E-state index contributed by atoms with van der Waals surface area (Å²) in [5.41, 5.74) is 0.999. The second-order valence-corrected chi connectivity index (χ2v) is 5.76. The van der Waals surface area contributed by atoms with E-state index >= 15 is 0 Å². The van der Waals surface area contributed by atoms with E-state index < -0.39 is 0 Å². The number of anilines is 1. The molecule has 0 aliphatic carbocycles. The van der Waals surface area contributed by atoms with Crippen molar-refractivity contribution in [1.29, 1.82) is 0 Å². The van der Waals surface area contributed by atoms with Crippen molar-refractivity contribution in [1.82, 2.24) is 15.1 Å². The van der Waals surface area contributed by atoms with Gasteiger partial charge < -0.3 is 10.2 Å². The van der Waals surface area contributed by atoms with Gasteiger partial charge in [-0.1, -0.05) is 6.92 Å². The van der Waals surface area contributed by atoms with Crippen molar-refractivity contribution in [2.75, 3.05) is 31.6 Å². The molecule has 0 aromatic carbocycles. The van der Waals surface area contributed by atoms with E-state index in [9.17, 15) is 4.79 Å². The number of aromatic nitrogens is 2. The van der Waals surface area contributed by atoms with Crippen LogP contribution >= 0.6 is 0 Å². The number of unbranched alkanes of at least 4 members (excludes halogenated alkanes) is 1. The van der Waals surface area contributed by atoms with E-state index in [0.717, 1.165) is 44.1 Å². The second-order valence-electron chi connectivity index (χ2n) is 5.76. The average Bonchev–Trinajstić information content (AvgIpc) is 2.46. The van der Waals surface area contributed by atoms with Crippen LogP contribution in [0.4, 0.5) is 5.69 Å². The summed E-state index contributed by atoms with van der Waals surface area (Å²) in [5, 5.41) is 7.42. The third-order valence-electron chi connectivity index (χ3n) is 4.05. The Kier molecular flexibility index (Phi) is 5.59. The van der Waals surface area contributed by atoms with E-state index in [1.54, 1.807) is 10.7 Å². The van der Waals surface area contributed by atoms with Gasteiger partial charge in [-0.05, 0) is 45.2 Å². The van der Waals surface area contributed by atoms with Crippen LogP contribution in [0.2, 0.25) is 0 Å². The number of rotatable bonds is 6. The SMILES string of the molecule is CNCCCCn1ncc(N2CCC(C)CC2)cc1=O. The van der Waals surface area contributed by atoms with Gasteiger partial charge in [0.1, 0.15) is 0 Å². The minimum Gasteiger partial charge on any atom is -0.370 e. The minimum atomic E-state index is 0.0191. The molecule has 1 saturated heterocycles. The molecule has 0 saturated carbocycles. The van der Waals surface area contributed by atoms with Gasteiger partial charge in [-0.15, -0.1) is 0 Å². The zero-order valence-electron chi connectivity index (χ0n) is 12.6. The molecule has 5 nitrogen and oxygen atoms in total. The fourth-order valence-electron chi connectivity index (χ4n) is 2.60. The lowest BCUT2D eigenvalue weighted by Crippen LogP contribution is -2.34. The van der Waals surface area contributed by atoms with Crippen LogP contribution in [-0.2, 0) is 6.54 Å². The predicted octanol–water partition coefficient (Wildman–Crippen LogP) is 1.48. The smallest absolute Gasteiger partial charge is 0.268 e. The molecule has 2 rings (SSSR count). The van der Waals surface area contributed by atoms with Gasteiger partial charge in [0, 0.05) is 25.7 Å². The van der Waals surface area contributed by atoms with Gasteiger partial charge in [-0.25, -0.2) is 4.68 Å². The van der Waals surface area contributed by atoms with Crippen LogP contribution in [0, 0.1) is 5.92 Å². The summed E-state index contributed by atoms with van der Waals surface area (Å²) in [6.45, 7) is 6.05. The molecule has 5 heteroatoms. The largest absolute Gasteiger partial charge is 0.370 e. The molecule has 0 spiro atoms. The quantitative estimate of drug-likeness (QED) is 0.801. The number of nitrogens with zero attached hydrogens (tertiary/aromatic N) is 3. The Morgan fingerprint density at radius 2 is 2.10 bits per heavy atom. The van der Waals surface area contributed by atoms with E-state index in [0.29, 0.717) is 6.54 Å². The molecule has 0 amide bonds. The Hall–Kier alpha value is -1.36. The topological polar surface area (TPSA) is 50.2 Å². The van der Waals surface area contributed by atoms with Crippen molar-refractivity contribution in [3.05, 3.63) is 22.6 Å².